The fourth-order valence-electron chi connectivity index (χ4n) is 2.80. The van der Waals surface area contributed by atoms with Crippen molar-refractivity contribution in [3.05, 3.63) is 51.2 Å². The van der Waals surface area contributed by atoms with Crippen LogP contribution in [0.15, 0.2) is 30.3 Å². The van der Waals surface area contributed by atoms with Crippen LogP contribution >= 0.6 is 11.3 Å². The van der Waals surface area contributed by atoms with Gasteiger partial charge in [0.05, 0.1) is 4.88 Å². The average molecular weight is 285 g/mol. The first-order valence-corrected chi connectivity index (χ1v) is 7.88. The third-order valence-corrected chi connectivity index (χ3v) is 5.26. The Morgan fingerprint density at radius 3 is 2.75 bits per heavy atom. The van der Waals surface area contributed by atoms with E-state index in [-0.39, 0.29) is 11.9 Å². The number of benzene rings is 1. The summed E-state index contributed by atoms with van der Waals surface area (Å²) < 4.78 is 0. The third kappa shape index (κ3) is 2.16. The number of carbonyl (C=O) groups excluding carboxylic acids is 1. The van der Waals surface area contributed by atoms with E-state index in [0.29, 0.717) is 0 Å². The number of aryl methyl sites for hydroxylation is 3. The molecule has 0 radical (unpaired) electrons. The molecule has 1 atom stereocenters. The molecular weight excluding hydrogens is 266 g/mol. The monoisotopic (exact) mass is 285 g/mol. The molecule has 0 saturated carbocycles. The number of anilines is 1. The summed E-state index contributed by atoms with van der Waals surface area (Å²) in [7, 11) is 0. The predicted molar refractivity (Wildman–Crippen MR) is 84.8 cm³/mol. The van der Waals surface area contributed by atoms with Gasteiger partial charge in [-0.25, -0.2) is 0 Å². The fourth-order valence-corrected chi connectivity index (χ4v) is 3.77. The molecule has 1 unspecified atom stereocenters. The summed E-state index contributed by atoms with van der Waals surface area (Å²) in [5.41, 5.74) is 3.57. The zero-order chi connectivity index (χ0) is 14.3. The highest BCUT2D eigenvalue weighted by Gasteiger charge is 2.29. The van der Waals surface area contributed by atoms with Crippen LogP contribution in [0, 0.1) is 13.8 Å². The van der Waals surface area contributed by atoms with Crippen LogP contribution in [0.3, 0.4) is 0 Å². The van der Waals surface area contributed by atoms with Crippen LogP contribution in [0.1, 0.15) is 39.0 Å². The maximum Gasteiger partial charge on any atom is 0.268 e. The lowest BCUT2D eigenvalue weighted by Crippen LogP contribution is -2.41. The summed E-state index contributed by atoms with van der Waals surface area (Å²) in [6.45, 7) is 6.28. The lowest BCUT2D eigenvalue weighted by Gasteiger charge is -2.35. The van der Waals surface area contributed by atoms with E-state index in [1.807, 2.05) is 17.0 Å². The second-order valence-corrected chi connectivity index (χ2v) is 6.80. The number of hydrogen-bond donors (Lipinski definition) is 0. The number of para-hydroxylation sites is 1. The zero-order valence-electron chi connectivity index (χ0n) is 12.1. The van der Waals surface area contributed by atoms with E-state index in [4.69, 9.17) is 0 Å². The number of nitrogens with zero attached hydrogens (tertiary/aromatic N) is 1. The van der Waals surface area contributed by atoms with E-state index in [2.05, 4.69) is 39.0 Å². The summed E-state index contributed by atoms with van der Waals surface area (Å²) in [5, 5.41) is 0. The van der Waals surface area contributed by atoms with Crippen molar-refractivity contribution in [2.24, 2.45) is 0 Å². The van der Waals surface area contributed by atoms with Crippen molar-refractivity contribution in [3.63, 3.8) is 0 Å². The second-order valence-electron chi connectivity index (χ2n) is 5.54. The largest absolute Gasteiger partial charge is 0.305 e. The van der Waals surface area contributed by atoms with Crippen LogP contribution in [0.4, 0.5) is 5.69 Å². The van der Waals surface area contributed by atoms with Gasteiger partial charge in [0.1, 0.15) is 0 Å². The number of carbonyl (C=O) groups is 1. The molecule has 1 aromatic heterocycles. The van der Waals surface area contributed by atoms with Gasteiger partial charge >= 0.3 is 0 Å². The van der Waals surface area contributed by atoms with E-state index in [0.717, 1.165) is 23.4 Å². The summed E-state index contributed by atoms with van der Waals surface area (Å²) >= 11 is 1.60. The van der Waals surface area contributed by atoms with Crippen molar-refractivity contribution in [2.45, 2.75) is 39.7 Å². The van der Waals surface area contributed by atoms with Crippen LogP contribution in [0.25, 0.3) is 0 Å². The standard InChI is InChI=1S/C17H19NOS/c1-11-10-16(20-13(11)3)17(19)18-12(2)8-9-14-6-4-5-7-15(14)18/h4-7,10,12H,8-9H2,1-3H3. The van der Waals surface area contributed by atoms with Gasteiger partial charge in [-0.05, 0) is 56.9 Å². The first-order chi connectivity index (χ1) is 9.58. The molecule has 2 heterocycles. The van der Waals surface area contributed by atoms with Crippen molar-refractivity contribution in [1.82, 2.24) is 0 Å². The first kappa shape index (κ1) is 13.4. The van der Waals surface area contributed by atoms with Gasteiger partial charge in [0.15, 0.2) is 0 Å². The van der Waals surface area contributed by atoms with E-state index in [9.17, 15) is 4.79 Å². The van der Waals surface area contributed by atoms with Gasteiger partial charge in [0.25, 0.3) is 5.91 Å². The molecule has 0 bridgehead atoms. The molecular formula is C17H19NOS. The van der Waals surface area contributed by atoms with Crippen LogP contribution in [0.5, 0.6) is 0 Å². The Bertz CT molecular complexity index is 639. The van der Waals surface area contributed by atoms with Crippen molar-refractivity contribution >= 4 is 22.9 Å². The third-order valence-electron chi connectivity index (χ3n) is 4.12. The predicted octanol–water partition coefficient (Wildman–Crippen LogP) is 4.35. The number of hydrogen-bond acceptors (Lipinski definition) is 2. The molecule has 104 valence electrons. The molecule has 1 aromatic carbocycles. The number of amides is 1. The van der Waals surface area contributed by atoms with Crippen LogP contribution in [-0.2, 0) is 6.42 Å². The van der Waals surface area contributed by atoms with Crippen molar-refractivity contribution < 1.29 is 4.79 Å². The molecule has 0 saturated heterocycles. The normalized spacial score (nSPS) is 17.9. The van der Waals surface area contributed by atoms with E-state index in [1.165, 1.54) is 16.0 Å². The first-order valence-electron chi connectivity index (χ1n) is 7.06. The average Bonchev–Trinajstić information content (AvgIpc) is 2.78. The molecule has 20 heavy (non-hydrogen) atoms. The smallest absolute Gasteiger partial charge is 0.268 e. The molecule has 0 aliphatic carbocycles. The summed E-state index contributed by atoms with van der Waals surface area (Å²) in [6.07, 6.45) is 2.09. The number of thiophene rings is 1. The molecule has 0 N–H and O–H groups in total. The van der Waals surface area contributed by atoms with Gasteiger partial charge in [-0.15, -0.1) is 11.3 Å². The van der Waals surface area contributed by atoms with Gasteiger partial charge in [0.2, 0.25) is 0 Å². The molecule has 2 aromatic rings. The highest BCUT2D eigenvalue weighted by atomic mass is 32.1. The maximum atomic E-state index is 12.9. The number of fused-ring (bicyclic) bond motifs is 1. The lowest BCUT2D eigenvalue weighted by molar-refractivity contribution is 0.0979. The highest BCUT2D eigenvalue weighted by Crippen LogP contribution is 2.33. The quantitative estimate of drug-likeness (QED) is 0.763. The number of rotatable bonds is 1. The highest BCUT2D eigenvalue weighted by molar-refractivity contribution is 7.14. The van der Waals surface area contributed by atoms with Crippen LogP contribution in [0.2, 0.25) is 0 Å². The van der Waals surface area contributed by atoms with Gasteiger partial charge in [-0.2, -0.15) is 0 Å². The Morgan fingerprint density at radius 1 is 1.30 bits per heavy atom. The van der Waals surface area contributed by atoms with Crippen molar-refractivity contribution in [1.29, 1.82) is 0 Å². The molecule has 1 aliphatic rings. The molecule has 1 amide bonds. The van der Waals surface area contributed by atoms with Gasteiger partial charge in [0, 0.05) is 16.6 Å². The molecule has 1 aliphatic heterocycles. The van der Waals surface area contributed by atoms with E-state index >= 15 is 0 Å². The van der Waals surface area contributed by atoms with E-state index in [1.54, 1.807) is 11.3 Å². The molecule has 3 heteroatoms. The maximum absolute atomic E-state index is 12.9. The SMILES string of the molecule is Cc1cc(C(=O)N2c3ccccc3CCC2C)sc1C. The minimum Gasteiger partial charge on any atom is -0.305 e. The lowest BCUT2D eigenvalue weighted by atomic mass is 9.96. The molecule has 2 nitrogen and oxygen atoms in total. The van der Waals surface area contributed by atoms with Crippen molar-refractivity contribution in [3.8, 4) is 0 Å². The summed E-state index contributed by atoms with van der Waals surface area (Å²) in [6, 6.07) is 10.5. The molecule has 0 fully saturated rings. The Morgan fingerprint density at radius 2 is 2.05 bits per heavy atom. The second kappa shape index (κ2) is 5.06. The van der Waals surface area contributed by atoms with Gasteiger partial charge in [-0.1, -0.05) is 18.2 Å². The molecule has 0 spiro atoms. The Kier molecular flexibility index (Phi) is 3.38. The Hall–Kier alpha value is -1.61. The molecule has 3 rings (SSSR count). The summed E-state index contributed by atoms with van der Waals surface area (Å²) in [5.74, 6) is 0.144. The minimum absolute atomic E-state index is 0.144. The fraction of sp³-hybridized carbons (Fsp3) is 0.353. The topological polar surface area (TPSA) is 20.3 Å². The van der Waals surface area contributed by atoms with Crippen LogP contribution in [-0.4, -0.2) is 11.9 Å². The Balaban J connectivity index is 2.02. The zero-order valence-corrected chi connectivity index (χ0v) is 13.0. The Labute approximate surface area is 124 Å². The van der Waals surface area contributed by atoms with E-state index < -0.39 is 0 Å². The summed E-state index contributed by atoms with van der Waals surface area (Å²) in [4.78, 5) is 16.9. The van der Waals surface area contributed by atoms with Gasteiger partial charge < -0.3 is 4.90 Å². The van der Waals surface area contributed by atoms with Gasteiger partial charge in [-0.3, -0.25) is 4.79 Å². The van der Waals surface area contributed by atoms with Crippen LogP contribution < -0.4 is 4.90 Å². The minimum atomic E-state index is 0.144. The van der Waals surface area contributed by atoms with Crippen molar-refractivity contribution in [2.75, 3.05) is 4.90 Å².